The van der Waals surface area contributed by atoms with E-state index in [1.807, 2.05) is 31.3 Å². The maximum absolute atomic E-state index is 12.2. The van der Waals surface area contributed by atoms with E-state index in [0.717, 1.165) is 50.0 Å². The molecule has 0 spiro atoms. The predicted octanol–water partition coefficient (Wildman–Crippen LogP) is 2.04. The highest BCUT2D eigenvalue weighted by molar-refractivity contribution is 5.96. The largest absolute Gasteiger partial charge is 0.349 e. The van der Waals surface area contributed by atoms with Gasteiger partial charge in [0.2, 0.25) is 5.91 Å². The number of amides is 2. The van der Waals surface area contributed by atoms with Gasteiger partial charge in [-0.3, -0.25) is 24.5 Å². The summed E-state index contributed by atoms with van der Waals surface area (Å²) in [6.45, 7) is 3.72. The van der Waals surface area contributed by atoms with Gasteiger partial charge in [0.05, 0.1) is 18.3 Å². The standard InChI is InChI=1S/C23H29N5O2/c1-16-3-2-4-18(11-16)23(30)26-13-22(29)27-19-14-28(15-19)20-7-5-17(6-8-20)21-12-24-9-10-25-21/h2-4,9-12,17,19-20H,5-8,13-15H2,1H3,(H,26,30)(H,27,29)/t17-,20+. The van der Waals surface area contributed by atoms with Crippen LogP contribution >= 0.6 is 0 Å². The molecule has 4 rings (SSSR count). The first-order chi connectivity index (χ1) is 14.6. The lowest BCUT2D eigenvalue weighted by Gasteiger charge is -2.46. The van der Waals surface area contributed by atoms with E-state index in [2.05, 4.69) is 25.5 Å². The highest BCUT2D eigenvalue weighted by Crippen LogP contribution is 2.34. The number of carbonyl (C=O) groups excluding carboxylic acids is 2. The summed E-state index contributed by atoms with van der Waals surface area (Å²) in [4.78, 5) is 35.4. The van der Waals surface area contributed by atoms with Crippen LogP contribution in [0.5, 0.6) is 0 Å². The summed E-state index contributed by atoms with van der Waals surface area (Å²) in [6.07, 6.45) is 9.98. The Bertz CT molecular complexity index is 874. The van der Waals surface area contributed by atoms with Crippen molar-refractivity contribution in [3.8, 4) is 0 Å². The van der Waals surface area contributed by atoms with E-state index in [1.54, 1.807) is 18.5 Å². The number of likely N-dealkylation sites (tertiary alicyclic amines) is 1. The minimum Gasteiger partial charge on any atom is -0.349 e. The van der Waals surface area contributed by atoms with Gasteiger partial charge >= 0.3 is 0 Å². The van der Waals surface area contributed by atoms with Crippen LogP contribution in [0.2, 0.25) is 0 Å². The van der Waals surface area contributed by atoms with E-state index in [1.165, 1.54) is 0 Å². The van der Waals surface area contributed by atoms with Crippen molar-refractivity contribution >= 4 is 11.8 Å². The van der Waals surface area contributed by atoms with Crippen LogP contribution in [0.25, 0.3) is 0 Å². The van der Waals surface area contributed by atoms with Crippen molar-refractivity contribution in [2.24, 2.45) is 0 Å². The summed E-state index contributed by atoms with van der Waals surface area (Å²) in [5.74, 6) is 0.166. The molecule has 1 aromatic heterocycles. The number of rotatable bonds is 6. The Hall–Kier alpha value is -2.80. The van der Waals surface area contributed by atoms with E-state index in [4.69, 9.17) is 0 Å². The Labute approximate surface area is 177 Å². The van der Waals surface area contributed by atoms with E-state index < -0.39 is 0 Å². The van der Waals surface area contributed by atoms with E-state index in [-0.39, 0.29) is 24.4 Å². The lowest BCUT2D eigenvalue weighted by molar-refractivity contribution is -0.122. The zero-order valence-electron chi connectivity index (χ0n) is 17.4. The van der Waals surface area contributed by atoms with Gasteiger partial charge in [-0.1, -0.05) is 17.7 Å². The Balaban J connectivity index is 1.14. The third-order valence-electron chi connectivity index (χ3n) is 6.18. The fourth-order valence-electron chi connectivity index (χ4n) is 4.49. The predicted molar refractivity (Wildman–Crippen MR) is 114 cm³/mol. The Kier molecular flexibility index (Phi) is 6.38. The molecule has 1 saturated heterocycles. The molecule has 30 heavy (non-hydrogen) atoms. The molecule has 158 valence electrons. The average molecular weight is 408 g/mol. The fourth-order valence-corrected chi connectivity index (χ4v) is 4.49. The summed E-state index contributed by atoms with van der Waals surface area (Å²) in [7, 11) is 0. The normalized spacial score (nSPS) is 22.2. The number of benzene rings is 1. The van der Waals surface area contributed by atoms with Gasteiger partial charge < -0.3 is 10.6 Å². The van der Waals surface area contributed by atoms with Crippen LogP contribution in [-0.2, 0) is 4.79 Å². The molecule has 2 heterocycles. The average Bonchev–Trinajstić information content (AvgIpc) is 2.75. The summed E-state index contributed by atoms with van der Waals surface area (Å²) in [6, 6.07) is 8.11. The number of nitrogens with one attached hydrogen (secondary N) is 2. The molecule has 1 aliphatic heterocycles. The zero-order chi connectivity index (χ0) is 20.9. The van der Waals surface area contributed by atoms with Gasteiger partial charge in [0.15, 0.2) is 0 Å². The minimum atomic E-state index is -0.219. The van der Waals surface area contributed by atoms with Crippen LogP contribution in [0, 0.1) is 6.92 Å². The first kappa shape index (κ1) is 20.5. The smallest absolute Gasteiger partial charge is 0.251 e. The molecule has 1 aliphatic carbocycles. The quantitative estimate of drug-likeness (QED) is 0.765. The summed E-state index contributed by atoms with van der Waals surface area (Å²) in [5, 5.41) is 5.72. The topological polar surface area (TPSA) is 87.2 Å². The van der Waals surface area contributed by atoms with Crippen LogP contribution in [0.1, 0.15) is 53.2 Å². The second-order valence-electron chi connectivity index (χ2n) is 8.41. The summed E-state index contributed by atoms with van der Waals surface area (Å²) < 4.78 is 0. The zero-order valence-corrected chi connectivity index (χ0v) is 17.4. The van der Waals surface area contributed by atoms with Crippen molar-refractivity contribution < 1.29 is 9.59 Å². The number of hydrogen-bond donors (Lipinski definition) is 2. The molecule has 1 saturated carbocycles. The SMILES string of the molecule is Cc1cccc(C(=O)NCC(=O)NC2CN([C@H]3CC[C@@H](c4cnccn4)CC3)C2)c1. The highest BCUT2D eigenvalue weighted by atomic mass is 16.2. The molecule has 2 amide bonds. The molecule has 1 aromatic carbocycles. The molecule has 7 nitrogen and oxygen atoms in total. The number of nitrogens with zero attached hydrogens (tertiary/aromatic N) is 3. The van der Waals surface area contributed by atoms with Gasteiger partial charge in [0.25, 0.3) is 5.91 Å². The van der Waals surface area contributed by atoms with Crippen molar-refractivity contribution in [1.29, 1.82) is 0 Å². The lowest BCUT2D eigenvalue weighted by atomic mass is 9.82. The third kappa shape index (κ3) is 5.02. The molecule has 0 unspecified atom stereocenters. The molecule has 2 aromatic rings. The number of hydrogen-bond acceptors (Lipinski definition) is 5. The molecule has 2 fully saturated rings. The first-order valence-electron chi connectivity index (χ1n) is 10.7. The van der Waals surface area contributed by atoms with Crippen LogP contribution in [0.4, 0.5) is 0 Å². The van der Waals surface area contributed by atoms with Gasteiger partial charge in [0.1, 0.15) is 0 Å². The Morgan fingerprint density at radius 3 is 2.63 bits per heavy atom. The minimum absolute atomic E-state index is 0.00644. The van der Waals surface area contributed by atoms with Gasteiger partial charge in [0, 0.05) is 49.2 Å². The van der Waals surface area contributed by atoms with Crippen molar-refractivity contribution in [1.82, 2.24) is 25.5 Å². The molecular weight excluding hydrogens is 378 g/mol. The van der Waals surface area contributed by atoms with Crippen molar-refractivity contribution in [2.75, 3.05) is 19.6 Å². The molecule has 2 N–H and O–H groups in total. The van der Waals surface area contributed by atoms with Gasteiger partial charge in [-0.2, -0.15) is 0 Å². The second kappa shape index (κ2) is 9.34. The monoisotopic (exact) mass is 407 g/mol. The van der Waals surface area contributed by atoms with Crippen LogP contribution < -0.4 is 10.6 Å². The Morgan fingerprint density at radius 2 is 1.93 bits per heavy atom. The molecule has 0 radical (unpaired) electrons. The van der Waals surface area contributed by atoms with Crippen LogP contribution in [0.3, 0.4) is 0 Å². The third-order valence-corrected chi connectivity index (χ3v) is 6.18. The molecule has 2 aliphatic rings. The summed E-state index contributed by atoms with van der Waals surface area (Å²) >= 11 is 0. The molecule has 0 bridgehead atoms. The van der Waals surface area contributed by atoms with Crippen LogP contribution in [0.15, 0.2) is 42.9 Å². The maximum atomic E-state index is 12.2. The number of carbonyl (C=O) groups is 2. The van der Waals surface area contributed by atoms with Crippen molar-refractivity contribution in [3.63, 3.8) is 0 Å². The number of aromatic nitrogens is 2. The second-order valence-corrected chi connectivity index (χ2v) is 8.41. The number of aryl methyl sites for hydroxylation is 1. The molecule has 0 atom stereocenters. The van der Waals surface area contributed by atoms with Gasteiger partial charge in [-0.05, 0) is 44.7 Å². The van der Waals surface area contributed by atoms with E-state index in [0.29, 0.717) is 17.5 Å². The van der Waals surface area contributed by atoms with Crippen molar-refractivity contribution in [2.45, 2.75) is 50.6 Å². The van der Waals surface area contributed by atoms with Gasteiger partial charge in [-0.15, -0.1) is 0 Å². The first-order valence-corrected chi connectivity index (χ1v) is 10.7. The summed E-state index contributed by atoms with van der Waals surface area (Å²) in [5.41, 5.74) is 2.71. The van der Waals surface area contributed by atoms with Crippen LogP contribution in [-0.4, -0.2) is 58.4 Å². The fraction of sp³-hybridized carbons (Fsp3) is 0.478. The van der Waals surface area contributed by atoms with E-state index >= 15 is 0 Å². The highest BCUT2D eigenvalue weighted by Gasteiger charge is 2.35. The maximum Gasteiger partial charge on any atom is 0.251 e. The van der Waals surface area contributed by atoms with E-state index in [9.17, 15) is 9.59 Å². The van der Waals surface area contributed by atoms with Crippen molar-refractivity contribution in [3.05, 3.63) is 59.7 Å². The Morgan fingerprint density at radius 1 is 1.13 bits per heavy atom. The molecular formula is C23H29N5O2. The van der Waals surface area contributed by atoms with Gasteiger partial charge in [-0.25, -0.2) is 0 Å². The lowest BCUT2D eigenvalue weighted by Crippen LogP contribution is -2.63. The molecule has 7 heteroatoms.